The molecule has 0 spiro atoms. The van der Waals surface area contributed by atoms with Crippen molar-refractivity contribution in [1.29, 1.82) is 0 Å². The van der Waals surface area contributed by atoms with Crippen LogP contribution in [0.4, 0.5) is 5.69 Å². The van der Waals surface area contributed by atoms with Crippen LogP contribution in [0.3, 0.4) is 0 Å². The third kappa shape index (κ3) is 4.32. The molecule has 0 fully saturated rings. The molecular formula is C19H16N2O3S. The average molecular weight is 352 g/mol. The normalized spacial score (nSPS) is 12.2. The molecule has 0 saturated heterocycles. The number of rotatable bonds is 5. The van der Waals surface area contributed by atoms with E-state index in [-0.39, 0.29) is 0 Å². The van der Waals surface area contributed by atoms with Crippen LogP contribution in [0.15, 0.2) is 77.7 Å². The van der Waals surface area contributed by atoms with Crippen molar-refractivity contribution in [3.8, 4) is 0 Å². The van der Waals surface area contributed by atoms with Gasteiger partial charge in [0.15, 0.2) is 0 Å². The van der Waals surface area contributed by atoms with Crippen molar-refractivity contribution in [3.05, 3.63) is 78.4 Å². The number of hydrogen-bond acceptors (Lipinski definition) is 3. The number of nitrogens with one attached hydrogen (secondary N) is 2. The summed E-state index contributed by atoms with van der Waals surface area (Å²) in [6, 6.07) is 20.8. The first-order valence-corrected chi connectivity index (χ1v) is 8.70. The van der Waals surface area contributed by atoms with Crippen molar-refractivity contribution < 1.29 is 14.2 Å². The molecule has 0 aliphatic rings. The Labute approximate surface area is 147 Å². The Kier molecular flexibility index (Phi) is 5.23. The van der Waals surface area contributed by atoms with Crippen LogP contribution in [-0.4, -0.2) is 15.3 Å². The summed E-state index contributed by atoms with van der Waals surface area (Å²) in [7, 11) is -1.44. The standard InChI is InChI=1S/C19H16N2O3S/c22-19(20-23)11-8-14-4-3-7-18(12-14)25(24)21-17-10-9-15-5-1-2-6-16(15)13-17/h1-13,21,23H,(H,20,22)/b11-8+. The first-order chi connectivity index (χ1) is 12.2. The molecule has 1 atom stereocenters. The molecule has 1 amide bonds. The fourth-order valence-electron chi connectivity index (χ4n) is 2.36. The Bertz CT molecular complexity index is 970. The summed E-state index contributed by atoms with van der Waals surface area (Å²) in [5, 5.41) is 10.7. The van der Waals surface area contributed by atoms with E-state index in [9.17, 15) is 9.00 Å². The fourth-order valence-corrected chi connectivity index (χ4v) is 3.27. The summed E-state index contributed by atoms with van der Waals surface area (Å²) < 4.78 is 15.5. The van der Waals surface area contributed by atoms with Crippen LogP contribution in [0, 0.1) is 0 Å². The van der Waals surface area contributed by atoms with Crippen molar-refractivity contribution >= 4 is 39.4 Å². The molecule has 1 unspecified atom stereocenters. The zero-order chi connectivity index (χ0) is 17.6. The van der Waals surface area contributed by atoms with Gasteiger partial charge in [-0.1, -0.05) is 42.5 Å². The van der Waals surface area contributed by atoms with Crippen molar-refractivity contribution in [2.24, 2.45) is 0 Å². The SMILES string of the molecule is O=C(/C=C/c1cccc(S(=O)Nc2ccc3ccccc3c2)c1)NO. The van der Waals surface area contributed by atoms with Crippen LogP contribution in [0.5, 0.6) is 0 Å². The van der Waals surface area contributed by atoms with E-state index >= 15 is 0 Å². The molecule has 0 saturated carbocycles. The van der Waals surface area contributed by atoms with Gasteiger partial charge in [-0.2, -0.15) is 0 Å². The van der Waals surface area contributed by atoms with E-state index in [4.69, 9.17) is 5.21 Å². The first-order valence-electron chi connectivity index (χ1n) is 7.55. The van der Waals surface area contributed by atoms with Crippen LogP contribution in [0.1, 0.15) is 5.56 Å². The number of carbonyl (C=O) groups is 1. The van der Waals surface area contributed by atoms with E-state index < -0.39 is 16.9 Å². The smallest absolute Gasteiger partial charge is 0.267 e. The van der Waals surface area contributed by atoms with E-state index in [1.807, 2.05) is 42.5 Å². The highest BCUT2D eigenvalue weighted by Gasteiger charge is 2.05. The molecule has 3 aromatic carbocycles. The second-order valence-electron chi connectivity index (χ2n) is 5.31. The number of anilines is 1. The Balaban J connectivity index is 1.78. The Morgan fingerprint density at radius 1 is 0.960 bits per heavy atom. The summed E-state index contributed by atoms with van der Waals surface area (Å²) in [6.07, 6.45) is 2.72. The minimum atomic E-state index is -1.44. The Morgan fingerprint density at radius 3 is 2.56 bits per heavy atom. The summed E-state index contributed by atoms with van der Waals surface area (Å²) in [5.74, 6) is -0.624. The maximum Gasteiger partial charge on any atom is 0.267 e. The lowest BCUT2D eigenvalue weighted by Gasteiger charge is -2.08. The van der Waals surface area contributed by atoms with Crippen molar-refractivity contribution in [2.45, 2.75) is 4.90 Å². The summed E-state index contributed by atoms with van der Waals surface area (Å²) in [6.45, 7) is 0. The van der Waals surface area contributed by atoms with Crippen LogP contribution >= 0.6 is 0 Å². The van der Waals surface area contributed by atoms with Crippen LogP contribution in [-0.2, 0) is 15.8 Å². The van der Waals surface area contributed by atoms with E-state index in [0.717, 1.165) is 16.5 Å². The third-order valence-corrected chi connectivity index (χ3v) is 4.67. The van der Waals surface area contributed by atoms with Crippen molar-refractivity contribution in [2.75, 3.05) is 4.72 Å². The molecule has 25 heavy (non-hydrogen) atoms. The van der Waals surface area contributed by atoms with Gasteiger partial charge in [0.1, 0.15) is 11.0 Å². The quantitative estimate of drug-likeness (QED) is 0.374. The van der Waals surface area contributed by atoms with E-state index in [1.165, 1.54) is 17.6 Å². The molecular weight excluding hydrogens is 336 g/mol. The predicted molar refractivity (Wildman–Crippen MR) is 99.4 cm³/mol. The minimum Gasteiger partial charge on any atom is -0.301 e. The fraction of sp³-hybridized carbons (Fsp3) is 0. The predicted octanol–water partition coefficient (Wildman–Crippen LogP) is 3.49. The van der Waals surface area contributed by atoms with Crippen LogP contribution in [0.25, 0.3) is 16.8 Å². The number of fused-ring (bicyclic) bond motifs is 1. The molecule has 126 valence electrons. The molecule has 0 heterocycles. The van der Waals surface area contributed by atoms with E-state index in [1.54, 1.807) is 24.3 Å². The maximum atomic E-state index is 12.6. The highest BCUT2D eigenvalue weighted by atomic mass is 32.2. The zero-order valence-corrected chi connectivity index (χ0v) is 14.0. The molecule has 0 aliphatic heterocycles. The van der Waals surface area contributed by atoms with Gasteiger partial charge >= 0.3 is 0 Å². The Morgan fingerprint density at radius 2 is 1.76 bits per heavy atom. The van der Waals surface area contributed by atoms with Crippen LogP contribution in [0.2, 0.25) is 0 Å². The van der Waals surface area contributed by atoms with Gasteiger partial charge in [0.2, 0.25) is 0 Å². The molecule has 3 aromatic rings. The van der Waals surface area contributed by atoms with Crippen LogP contribution < -0.4 is 10.2 Å². The molecule has 6 heteroatoms. The second-order valence-corrected chi connectivity index (χ2v) is 6.53. The molecule has 5 nitrogen and oxygen atoms in total. The lowest BCUT2D eigenvalue weighted by molar-refractivity contribution is -0.124. The zero-order valence-electron chi connectivity index (χ0n) is 13.2. The molecule has 0 aliphatic carbocycles. The van der Waals surface area contributed by atoms with E-state index in [0.29, 0.717) is 10.5 Å². The monoisotopic (exact) mass is 352 g/mol. The highest BCUT2D eigenvalue weighted by molar-refractivity contribution is 7.86. The molecule has 3 N–H and O–H groups in total. The van der Waals surface area contributed by atoms with Gasteiger partial charge in [0.05, 0.1) is 4.90 Å². The maximum absolute atomic E-state index is 12.6. The lowest BCUT2D eigenvalue weighted by atomic mass is 10.1. The van der Waals surface area contributed by atoms with Crippen molar-refractivity contribution in [1.82, 2.24) is 5.48 Å². The summed E-state index contributed by atoms with van der Waals surface area (Å²) in [4.78, 5) is 11.6. The number of amides is 1. The Hall–Kier alpha value is -2.96. The van der Waals surface area contributed by atoms with E-state index in [2.05, 4.69) is 4.72 Å². The van der Waals surface area contributed by atoms with Gasteiger partial charge in [0.25, 0.3) is 5.91 Å². The van der Waals surface area contributed by atoms with Gasteiger partial charge in [-0.05, 0) is 46.7 Å². The van der Waals surface area contributed by atoms with Gasteiger partial charge in [0, 0.05) is 11.8 Å². The highest BCUT2D eigenvalue weighted by Crippen LogP contribution is 2.21. The number of hydrogen-bond donors (Lipinski definition) is 3. The lowest BCUT2D eigenvalue weighted by Crippen LogP contribution is -2.14. The summed E-state index contributed by atoms with van der Waals surface area (Å²) >= 11 is 0. The van der Waals surface area contributed by atoms with Gasteiger partial charge in [-0.25, -0.2) is 9.69 Å². The first kappa shape index (κ1) is 16.9. The number of carbonyl (C=O) groups excluding carboxylic acids is 1. The number of hydroxylamine groups is 1. The van der Waals surface area contributed by atoms with Gasteiger partial charge in [-0.3, -0.25) is 10.0 Å². The molecule has 3 rings (SSSR count). The molecule has 0 aromatic heterocycles. The molecule has 0 bridgehead atoms. The van der Waals surface area contributed by atoms with Gasteiger partial charge < -0.3 is 4.72 Å². The third-order valence-electron chi connectivity index (χ3n) is 3.57. The second kappa shape index (κ2) is 7.74. The number of benzene rings is 3. The van der Waals surface area contributed by atoms with Gasteiger partial charge in [-0.15, -0.1) is 0 Å². The topological polar surface area (TPSA) is 78.4 Å². The van der Waals surface area contributed by atoms with Crippen molar-refractivity contribution in [3.63, 3.8) is 0 Å². The average Bonchev–Trinajstić information content (AvgIpc) is 2.66. The largest absolute Gasteiger partial charge is 0.301 e. The summed E-state index contributed by atoms with van der Waals surface area (Å²) in [5.41, 5.74) is 2.99. The molecule has 0 radical (unpaired) electrons. The minimum absolute atomic E-state index is 0.583.